The normalized spacial score (nSPS) is 17.1. The lowest BCUT2D eigenvalue weighted by Crippen LogP contribution is -2.21. The van der Waals surface area contributed by atoms with Crippen LogP contribution in [0, 0.1) is 5.82 Å². The van der Waals surface area contributed by atoms with Crippen LogP contribution in [0.5, 0.6) is 0 Å². The third-order valence-electron chi connectivity index (χ3n) is 6.40. The monoisotopic (exact) mass is 491 g/mol. The van der Waals surface area contributed by atoms with Crippen molar-refractivity contribution in [1.29, 1.82) is 0 Å². The Balaban J connectivity index is 2.04. The highest BCUT2D eigenvalue weighted by atomic mass is 35.5. The lowest BCUT2D eigenvalue weighted by atomic mass is 9.84. The lowest BCUT2D eigenvalue weighted by Gasteiger charge is -2.28. The van der Waals surface area contributed by atoms with Gasteiger partial charge in [0.25, 0.3) is 0 Å². The zero-order valence-electron chi connectivity index (χ0n) is 18.9. The molecule has 2 atom stereocenters. The van der Waals surface area contributed by atoms with Crippen LogP contribution in [0.25, 0.3) is 10.9 Å². The Bertz CT molecular complexity index is 1310. The third-order valence-corrected chi connectivity index (χ3v) is 7.76. The molecule has 1 aliphatic rings. The van der Waals surface area contributed by atoms with Crippen LogP contribution in [-0.2, 0) is 25.8 Å². The first-order chi connectivity index (χ1) is 15.6. The molecule has 3 aromatic rings. The van der Waals surface area contributed by atoms with Crippen molar-refractivity contribution in [3.8, 4) is 0 Å². The predicted molar refractivity (Wildman–Crippen MR) is 127 cm³/mol. The molecule has 1 heterocycles. The molecule has 33 heavy (non-hydrogen) atoms. The Kier molecular flexibility index (Phi) is 6.56. The number of esters is 1. The molecular weight excluding hydrogens is 465 g/mol. The standard InChI is InChI=1S/C25H27ClFNO4S/c1-4-32-23(29)12-17-6-5-7-20-21-13-19(27)14-22(33(3,30)31)25(21)28(24(17)20)15(2)16-8-10-18(26)11-9-16/h8-11,13-15,17H,4-7,12H2,1-3H3/t15-,17-/m0/s1. The molecule has 0 spiro atoms. The van der Waals surface area contributed by atoms with Gasteiger partial charge in [-0.2, -0.15) is 0 Å². The van der Waals surface area contributed by atoms with Crippen LogP contribution in [0.4, 0.5) is 4.39 Å². The average molecular weight is 492 g/mol. The highest BCUT2D eigenvalue weighted by Gasteiger charge is 2.34. The van der Waals surface area contributed by atoms with Crippen LogP contribution >= 0.6 is 11.6 Å². The average Bonchev–Trinajstić information content (AvgIpc) is 3.08. The number of carbonyl (C=O) groups is 1. The number of hydrogen-bond acceptors (Lipinski definition) is 4. The summed E-state index contributed by atoms with van der Waals surface area (Å²) in [5.74, 6) is -1.03. The van der Waals surface area contributed by atoms with E-state index in [4.69, 9.17) is 16.3 Å². The largest absolute Gasteiger partial charge is 0.466 e. The molecule has 0 unspecified atom stereocenters. The Morgan fingerprint density at radius 2 is 1.97 bits per heavy atom. The van der Waals surface area contributed by atoms with Gasteiger partial charge in [-0.1, -0.05) is 23.7 Å². The molecule has 5 nitrogen and oxygen atoms in total. The van der Waals surface area contributed by atoms with Gasteiger partial charge in [0, 0.05) is 28.3 Å². The fourth-order valence-electron chi connectivity index (χ4n) is 5.02. The van der Waals surface area contributed by atoms with Crippen LogP contribution in [0.2, 0.25) is 5.02 Å². The fraction of sp³-hybridized carbons (Fsp3) is 0.400. The van der Waals surface area contributed by atoms with Gasteiger partial charge in [-0.25, -0.2) is 12.8 Å². The maximum absolute atomic E-state index is 14.6. The van der Waals surface area contributed by atoms with Gasteiger partial charge in [0.05, 0.1) is 29.5 Å². The van der Waals surface area contributed by atoms with E-state index in [9.17, 15) is 17.6 Å². The zero-order valence-corrected chi connectivity index (χ0v) is 20.5. The van der Waals surface area contributed by atoms with Gasteiger partial charge < -0.3 is 9.30 Å². The molecule has 0 radical (unpaired) electrons. The van der Waals surface area contributed by atoms with E-state index >= 15 is 0 Å². The number of ether oxygens (including phenoxy) is 1. The van der Waals surface area contributed by atoms with Crippen molar-refractivity contribution in [2.24, 2.45) is 0 Å². The molecule has 0 saturated carbocycles. The minimum absolute atomic E-state index is 0.0393. The summed E-state index contributed by atoms with van der Waals surface area (Å²) in [6.45, 7) is 4.05. The van der Waals surface area contributed by atoms with Crippen molar-refractivity contribution in [3.05, 3.63) is 64.1 Å². The van der Waals surface area contributed by atoms with Crippen LogP contribution in [0.15, 0.2) is 41.3 Å². The van der Waals surface area contributed by atoms with Gasteiger partial charge >= 0.3 is 5.97 Å². The van der Waals surface area contributed by atoms with Gasteiger partial charge in [0.2, 0.25) is 0 Å². The second-order valence-corrected chi connectivity index (χ2v) is 11.1. The number of benzene rings is 2. The second-order valence-electron chi connectivity index (χ2n) is 8.63. The molecule has 0 bridgehead atoms. The highest BCUT2D eigenvalue weighted by molar-refractivity contribution is 7.91. The number of carbonyl (C=O) groups excluding carboxylic acids is 1. The number of sulfone groups is 1. The van der Waals surface area contributed by atoms with Gasteiger partial charge in [0.15, 0.2) is 9.84 Å². The molecule has 0 fully saturated rings. The van der Waals surface area contributed by atoms with E-state index in [1.54, 1.807) is 19.1 Å². The summed E-state index contributed by atoms with van der Waals surface area (Å²) in [5.41, 5.74) is 3.23. The summed E-state index contributed by atoms with van der Waals surface area (Å²) in [6.07, 6.45) is 3.59. The van der Waals surface area contributed by atoms with Gasteiger partial charge in [-0.15, -0.1) is 0 Å². The quantitative estimate of drug-likeness (QED) is 0.407. The maximum Gasteiger partial charge on any atom is 0.306 e. The zero-order chi connectivity index (χ0) is 23.9. The topological polar surface area (TPSA) is 65.4 Å². The molecule has 0 N–H and O–H groups in total. The van der Waals surface area contributed by atoms with E-state index < -0.39 is 15.7 Å². The predicted octanol–water partition coefficient (Wildman–Crippen LogP) is 5.82. The number of hydrogen-bond donors (Lipinski definition) is 0. The van der Waals surface area contributed by atoms with E-state index in [1.807, 2.05) is 23.6 Å². The molecule has 176 valence electrons. The molecule has 1 aromatic heterocycles. The Hall–Kier alpha value is -2.38. The van der Waals surface area contributed by atoms with E-state index in [0.29, 0.717) is 29.0 Å². The number of halogens is 2. The smallest absolute Gasteiger partial charge is 0.306 e. The summed E-state index contributed by atoms with van der Waals surface area (Å²) in [7, 11) is -3.72. The minimum Gasteiger partial charge on any atom is -0.466 e. The van der Waals surface area contributed by atoms with Crippen molar-refractivity contribution in [3.63, 3.8) is 0 Å². The molecule has 2 aromatic carbocycles. The van der Waals surface area contributed by atoms with Crippen molar-refractivity contribution in [2.45, 2.75) is 56.4 Å². The van der Waals surface area contributed by atoms with Crippen LogP contribution in [0.3, 0.4) is 0 Å². The van der Waals surface area contributed by atoms with Crippen LogP contribution in [-0.4, -0.2) is 31.8 Å². The highest BCUT2D eigenvalue weighted by Crippen LogP contribution is 2.45. The summed E-state index contributed by atoms with van der Waals surface area (Å²) >= 11 is 6.09. The van der Waals surface area contributed by atoms with Crippen molar-refractivity contribution in [2.75, 3.05) is 12.9 Å². The van der Waals surface area contributed by atoms with Crippen LogP contribution < -0.4 is 0 Å². The Morgan fingerprint density at radius 1 is 1.27 bits per heavy atom. The van der Waals surface area contributed by atoms with Crippen molar-refractivity contribution >= 4 is 38.3 Å². The first-order valence-electron chi connectivity index (χ1n) is 11.1. The number of rotatable bonds is 6. The van der Waals surface area contributed by atoms with E-state index in [-0.39, 0.29) is 29.2 Å². The first kappa shape index (κ1) is 23.8. The second kappa shape index (κ2) is 9.11. The lowest BCUT2D eigenvalue weighted by molar-refractivity contribution is -0.143. The number of nitrogens with zero attached hydrogens (tertiary/aromatic N) is 1. The minimum atomic E-state index is -3.72. The molecule has 4 rings (SSSR count). The molecule has 1 aliphatic carbocycles. The fourth-order valence-corrected chi connectivity index (χ4v) is 6.03. The summed E-state index contributed by atoms with van der Waals surface area (Å²) in [6, 6.07) is 9.63. The third kappa shape index (κ3) is 4.53. The Morgan fingerprint density at radius 3 is 2.61 bits per heavy atom. The van der Waals surface area contributed by atoms with Gasteiger partial charge in [-0.05, 0) is 68.5 Å². The molecule has 0 amide bonds. The molecule has 8 heteroatoms. The summed E-state index contributed by atoms with van der Waals surface area (Å²) < 4.78 is 47.3. The van der Waals surface area contributed by atoms with Gasteiger partial charge in [0.1, 0.15) is 5.82 Å². The van der Waals surface area contributed by atoms with Gasteiger partial charge in [-0.3, -0.25) is 4.79 Å². The number of aromatic nitrogens is 1. The molecule has 0 saturated heterocycles. The Labute approximate surface area is 198 Å². The number of fused-ring (bicyclic) bond motifs is 3. The summed E-state index contributed by atoms with van der Waals surface area (Å²) in [5, 5.41) is 1.20. The van der Waals surface area contributed by atoms with E-state index in [1.165, 1.54) is 6.07 Å². The van der Waals surface area contributed by atoms with Crippen molar-refractivity contribution in [1.82, 2.24) is 4.57 Å². The van der Waals surface area contributed by atoms with Crippen molar-refractivity contribution < 1.29 is 22.3 Å². The molecular formula is C25H27ClFNO4S. The number of aryl methyl sites for hydroxylation is 1. The molecule has 0 aliphatic heterocycles. The first-order valence-corrected chi connectivity index (χ1v) is 13.4. The maximum atomic E-state index is 14.6. The summed E-state index contributed by atoms with van der Waals surface area (Å²) in [4.78, 5) is 12.4. The van der Waals surface area contributed by atoms with Crippen LogP contribution in [0.1, 0.15) is 61.9 Å². The SMILES string of the molecule is CCOC(=O)C[C@@H]1CCCc2c1n([C@@H](C)c1ccc(Cl)cc1)c1c(S(C)(=O)=O)cc(F)cc21. The van der Waals surface area contributed by atoms with E-state index in [0.717, 1.165) is 42.0 Å². The van der Waals surface area contributed by atoms with E-state index in [2.05, 4.69) is 0 Å².